The summed E-state index contributed by atoms with van der Waals surface area (Å²) >= 11 is 0. The van der Waals surface area contributed by atoms with Crippen LogP contribution in [0.5, 0.6) is 0 Å². The van der Waals surface area contributed by atoms with Crippen molar-refractivity contribution in [3.8, 4) is 0 Å². The Morgan fingerprint density at radius 1 is 1.32 bits per heavy atom. The number of rotatable bonds is 2. The maximum atomic E-state index is 13.3. The molecule has 2 unspecified atom stereocenters. The van der Waals surface area contributed by atoms with E-state index in [-0.39, 0.29) is 18.6 Å². The van der Waals surface area contributed by atoms with Gasteiger partial charge in [-0.05, 0) is 37.1 Å². The van der Waals surface area contributed by atoms with Crippen LogP contribution in [0.3, 0.4) is 0 Å². The highest BCUT2D eigenvalue weighted by Crippen LogP contribution is 2.31. The molecule has 1 aromatic carbocycles. The summed E-state index contributed by atoms with van der Waals surface area (Å²) in [5, 5.41) is 0. The Morgan fingerprint density at radius 2 is 2.00 bits per heavy atom. The van der Waals surface area contributed by atoms with E-state index in [1.165, 1.54) is 0 Å². The molecule has 1 aliphatic heterocycles. The summed E-state index contributed by atoms with van der Waals surface area (Å²) in [7, 11) is 0. The summed E-state index contributed by atoms with van der Waals surface area (Å²) in [6, 6.07) is 2.78. The number of nitrogens with two attached hydrogens (primary N) is 1. The number of halogens is 4. The summed E-state index contributed by atoms with van der Waals surface area (Å²) in [6.45, 7) is 2.94. The van der Waals surface area contributed by atoms with Crippen molar-refractivity contribution in [2.24, 2.45) is 5.73 Å². The van der Waals surface area contributed by atoms with Crippen LogP contribution in [-0.2, 0) is 12.7 Å². The normalized spacial score (nSPS) is 24.9. The van der Waals surface area contributed by atoms with Crippen LogP contribution in [0, 0.1) is 5.82 Å². The van der Waals surface area contributed by atoms with Crippen LogP contribution in [0.1, 0.15) is 24.5 Å². The zero-order chi connectivity index (χ0) is 14.2. The van der Waals surface area contributed by atoms with Gasteiger partial charge in [-0.25, -0.2) is 4.39 Å². The third-order valence-electron chi connectivity index (χ3n) is 3.62. The highest BCUT2D eigenvalue weighted by Gasteiger charge is 2.32. The van der Waals surface area contributed by atoms with Gasteiger partial charge in [0.05, 0.1) is 5.56 Å². The Kier molecular flexibility index (Phi) is 3.82. The first kappa shape index (κ1) is 14.3. The maximum absolute atomic E-state index is 13.3. The van der Waals surface area contributed by atoms with E-state index in [1.54, 1.807) is 0 Å². The molecule has 0 spiro atoms. The van der Waals surface area contributed by atoms with Crippen LogP contribution in [0.2, 0.25) is 0 Å². The van der Waals surface area contributed by atoms with Gasteiger partial charge < -0.3 is 5.73 Å². The van der Waals surface area contributed by atoms with Crippen molar-refractivity contribution >= 4 is 0 Å². The van der Waals surface area contributed by atoms with Crippen LogP contribution >= 0.6 is 0 Å². The predicted molar refractivity (Wildman–Crippen MR) is 63.9 cm³/mol. The van der Waals surface area contributed by atoms with Crippen LogP contribution < -0.4 is 5.73 Å². The molecule has 19 heavy (non-hydrogen) atoms. The molecule has 2 nitrogen and oxygen atoms in total. The smallest absolute Gasteiger partial charge is 0.326 e. The highest BCUT2D eigenvalue weighted by molar-refractivity contribution is 5.27. The van der Waals surface area contributed by atoms with Crippen LogP contribution in [0.15, 0.2) is 18.2 Å². The van der Waals surface area contributed by atoms with Crippen LogP contribution in [0.25, 0.3) is 0 Å². The molecule has 0 bridgehead atoms. The van der Waals surface area contributed by atoms with Crippen molar-refractivity contribution in [2.75, 3.05) is 6.54 Å². The topological polar surface area (TPSA) is 29.3 Å². The molecule has 6 heteroatoms. The van der Waals surface area contributed by atoms with Crippen molar-refractivity contribution < 1.29 is 17.6 Å². The molecule has 1 saturated heterocycles. The van der Waals surface area contributed by atoms with Gasteiger partial charge in [0.25, 0.3) is 0 Å². The van der Waals surface area contributed by atoms with Crippen LogP contribution in [-0.4, -0.2) is 23.5 Å². The average molecular weight is 276 g/mol. The second-order valence-corrected chi connectivity index (χ2v) is 5.01. The predicted octanol–water partition coefficient (Wildman–Crippen LogP) is 2.77. The first-order chi connectivity index (χ1) is 8.77. The number of alkyl halides is 3. The number of benzene rings is 1. The SMILES string of the molecule is CC1C(N)CCN1Cc1cc(F)cc(C(F)(F)F)c1. The monoisotopic (exact) mass is 276 g/mol. The summed E-state index contributed by atoms with van der Waals surface area (Å²) in [5.74, 6) is -0.860. The fraction of sp³-hybridized carbons (Fsp3) is 0.538. The highest BCUT2D eigenvalue weighted by atomic mass is 19.4. The van der Waals surface area contributed by atoms with E-state index in [2.05, 4.69) is 0 Å². The maximum Gasteiger partial charge on any atom is 0.416 e. The molecule has 2 atom stereocenters. The zero-order valence-electron chi connectivity index (χ0n) is 10.5. The molecule has 1 fully saturated rings. The van der Waals surface area contributed by atoms with E-state index in [0.29, 0.717) is 11.6 Å². The van der Waals surface area contributed by atoms with E-state index in [4.69, 9.17) is 5.73 Å². The summed E-state index contributed by atoms with van der Waals surface area (Å²) < 4.78 is 51.1. The van der Waals surface area contributed by atoms with Crippen molar-refractivity contribution in [2.45, 2.75) is 38.1 Å². The largest absolute Gasteiger partial charge is 0.416 e. The van der Waals surface area contributed by atoms with E-state index < -0.39 is 17.6 Å². The van der Waals surface area contributed by atoms with Gasteiger partial charge in [-0.2, -0.15) is 13.2 Å². The molecule has 0 amide bonds. The summed E-state index contributed by atoms with van der Waals surface area (Å²) in [5.41, 5.74) is 5.24. The Bertz CT molecular complexity index is 458. The molecule has 1 aliphatic rings. The Balaban J connectivity index is 2.19. The first-order valence-electron chi connectivity index (χ1n) is 6.13. The molecule has 1 aromatic rings. The molecule has 0 aromatic heterocycles. The summed E-state index contributed by atoms with van der Waals surface area (Å²) in [4.78, 5) is 1.97. The number of nitrogens with zero attached hydrogens (tertiary/aromatic N) is 1. The van der Waals surface area contributed by atoms with E-state index in [1.807, 2.05) is 11.8 Å². The minimum Gasteiger partial charge on any atom is -0.326 e. The Labute approximate surface area is 109 Å². The van der Waals surface area contributed by atoms with E-state index in [0.717, 1.165) is 25.1 Å². The second kappa shape index (κ2) is 5.09. The molecule has 2 N–H and O–H groups in total. The molecular weight excluding hydrogens is 260 g/mol. The molecule has 106 valence electrons. The minimum atomic E-state index is -4.52. The quantitative estimate of drug-likeness (QED) is 0.842. The third-order valence-corrected chi connectivity index (χ3v) is 3.62. The molecule has 0 radical (unpaired) electrons. The van der Waals surface area contributed by atoms with Gasteiger partial charge >= 0.3 is 6.18 Å². The van der Waals surface area contributed by atoms with E-state index >= 15 is 0 Å². The number of likely N-dealkylation sites (tertiary alicyclic amines) is 1. The minimum absolute atomic E-state index is 0.0237. The lowest BCUT2D eigenvalue weighted by atomic mass is 10.1. The van der Waals surface area contributed by atoms with Gasteiger partial charge in [-0.1, -0.05) is 0 Å². The number of hydrogen-bond acceptors (Lipinski definition) is 2. The lowest BCUT2D eigenvalue weighted by Crippen LogP contribution is -2.36. The van der Waals surface area contributed by atoms with Gasteiger partial charge in [-0.15, -0.1) is 0 Å². The summed E-state index contributed by atoms with van der Waals surface area (Å²) in [6.07, 6.45) is -3.72. The zero-order valence-corrected chi connectivity index (χ0v) is 10.5. The number of hydrogen-bond donors (Lipinski definition) is 1. The Morgan fingerprint density at radius 3 is 2.53 bits per heavy atom. The van der Waals surface area contributed by atoms with Gasteiger partial charge in [0.1, 0.15) is 5.82 Å². The fourth-order valence-corrected chi connectivity index (χ4v) is 2.39. The van der Waals surface area contributed by atoms with Crippen molar-refractivity contribution in [1.29, 1.82) is 0 Å². The lowest BCUT2D eigenvalue weighted by Gasteiger charge is -2.23. The van der Waals surface area contributed by atoms with Gasteiger partial charge in [-0.3, -0.25) is 4.90 Å². The van der Waals surface area contributed by atoms with Gasteiger partial charge in [0, 0.05) is 25.2 Å². The van der Waals surface area contributed by atoms with E-state index in [9.17, 15) is 17.6 Å². The second-order valence-electron chi connectivity index (χ2n) is 5.01. The lowest BCUT2D eigenvalue weighted by molar-refractivity contribution is -0.137. The molecular formula is C13H16F4N2. The molecule has 0 aliphatic carbocycles. The molecule has 2 rings (SSSR count). The Hall–Kier alpha value is -1.14. The van der Waals surface area contributed by atoms with Crippen molar-refractivity contribution in [3.63, 3.8) is 0 Å². The van der Waals surface area contributed by atoms with Gasteiger partial charge in [0.15, 0.2) is 0 Å². The third kappa shape index (κ3) is 3.25. The standard InChI is InChI=1S/C13H16F4N2/c1-8-12(18)2-3-19(8)7-9-4-10(13(15,16)17)6-11(14)5-9/h4-6,8,12H,2-3,7,18H2,1H3. The van der Waals surface area contributed by atoms with Crippen LogP contribution in [0.4, 0.5) is 17.6 Å². The van der Waals surface area contributed by atoms with Crippen molar-refractivity contribution in [1.82, 2.24) is 4.90 Å². The first-order valence-corrected chi connectivity index (χ1v) is 6.13. The average Bonchev–Trinajstić information content (AvgIpc) is 2.59. The van der Waals surface area contributed by atoms with Crippen molar-refractivity contribution in [3.05, 3.63) is 35.1 Å². The van der Waals surface area contributed by atoms with Gasteiger partial charge in [0.2, 0.25) is 0 Å². The molecule has 1 heterocycles. The fourth-order valence-electron chi connectivity index (χ4n) is 2.39. The molecule has 0 saturated carbocycles.